The second-order valence-electron chi connectivity index (χ2n) is 4.55. The van der Waals surface area contributed by atoms with Crippen LogP contribution in [-0.4, -0.2) is 16.1 Å². The summed E-state index contributed by atoms with van der Waals surface area (Å²) < 4.78 is 31.3. The fraction of sp³-hybridized carbons (Fsp3) is 0.231. The SMILES string of the molecule is O=C(O)C1(c2cnc(-c3ccc(F)c(F)c3)o2)CC1. The first-order chi connectivity index (χ1) is 9.03. The molecule has 6 heteroatoms. The van der Waals surface area contributed by atoms with Gasteiger partial charge in [0.2, 0.25) is 5.89 Å². The average molecular weight is 265 g/mol. The lowest BCUT2D eigenvalue weighted by Crippen LogP contribution is -2.18. The molecule has 1 aliphatic rings. The van der Waals surface area contributed by atoms with E-state index in [-0.39, 0.29) is 17.2 Å². The quantitative estimate of drug-likeness (QED) is 0.926. The Hall–Kier alpha value is -2.24. The molecule has 0 radical (unpaired) electrons. The molecule has 19 heavy (non-hydrogen) atoms. The maximum atomic E-state index is 13.1. The van der Waals surface area contributed by atoms with E-state index >= 15 is 0 Å². The van der Waals surface area contributed by atoms with E-state index in [1.54, 1.807) is 0 Å². The number of hydrogen-bond donors (Lipinski definition) is 1. The minimum atomic E-state index is -1.00. The van der Waals surface area contributed by atoms with Gasteiger partial charge in [-0.1, -0.05) is 0 Å². The molecular weight excluding hydrogens is 256 g/mol. The normalized spacial score (nSPS) is 16.3. The smallest absolute Gasteiger partial charge is 0.317 e. The molecule has 4 nitrogen and oxygen atoms in total. The van der Waals surface area contributed by atoms with Crippen molar-refractivity contribution in [3.05, 3.63) is 41.8 Å². The molecule has 98 valence electrons. The van der Waals surface area contributed by atoms with Gasteiger partial charge < -0.3 is 9.52 Å². The number of aromatic nitrogens is 1. The van der Waals surface area contributed by atoms with Crippen LogP contribution in [0.5, 0.6) is 0 Å². The molecule has 0 spiro atoms. The van der Waals surface area contributed by atoms with Crippen molar-refractivity contribution in [2.24, 2.45) is 0 Å². The van der Waals surface area contributed by atoms with Gasteiger partial charge in [0.25, 0.3) is 0 Å². The second-order valence-corrected chi connectivity index (χ2v) is 4.55. The van der Waals surface area contributed by atoms with Gasteiger partial charge in [-0.15, -0.1) is 0 Å². The summed E-state index contributed by atoms with van der Waals surface area (Å²) in [6, 6.07) is 3.26. The molecule has 1 saturated carbocycles. The third-order valence-electron chi connectivity index (χ3n) is 3.30. The predicted octanol–water partition coefficient (Wildman–Crippen LogP) is 2.74. The van der Waals surface area contributed by atoms with Crippen LogP contribution in [0.1, 0.15) is 18.6 Å². The molecular formula is C13H9F2NO3. The van der Waals surface area contributed by atoms with Gasteiger partial charge in [0.15, 0.2) is 11.6 Å². The van der Waals surface area contributed by atoms with Gasteiger partial charge >= 0.3 is 5.97 Å². The number of aliphatic carboxylic acids is 1. The van der Waals surface area contributed by atoms with E-state index in [1.807, 2.05) is 0 Å². The molecule has 2 aromatic rings. The number of nitrogens with zero attached hydrogens (tertiary/aromatic N) is 1. The van der Waals surface area contributed by atoms with Gasteiger partial charge in [0.05, 0.1) is 6.20 Å². The number of hydrogen-bond acceptors (Lipinski definition) is 3. The lowest BCUT2D eigenvalue weighted by molar-refractivity contribution is -0.140. The molecule has 1 heterocycles. The maximum Gasteiger partial charge on any atom is 0.317 e. The summed E-state index contributed by atoms with van der Waals surface area (Å²) in [4.78, 5) is 15.1. The topological polar surface area (TPSA) is 63.3 Å². The number of oxazole rings is 1. The van der Waals surface area contributed by atoms with Crippen molar-refractivity contribution in [1.29, 1.82) is 0 Å². The highest BCUT2D eigenvalue weighted by atomic mass is 19.2. The van der Waals surface area contributed by atoms with Crippen LogP contribution < -0.4 is 0 Å². The summed E-state index contributed by atoms with van der Waals surface area (Å²) in [5.41, 5.74) is -0.726. The first-order valence-electron chi connectivity index (χ1n) is 5.68. The average Bonchev–Trinajstić information content (AvgIpc) is 3.05. The highest BCUT2D eigenvalue weighted by molar-refractivity contribution is 5.84. The van der Waals surface area contributed by atoms with E-state index in [1.165, 1.54) is 12.3 Å². The van der Waals surface area contributed by atoms with Crippen LogP contribution >= 0.6 is 0 Å². The zero-order chi connectivity index (χ0) is 13.6. The molecule has 1 aromatic carbocycles. The van der Waals surface area contributed by atoms with E-state index in [0.29, 0.717) is 12.8 Å². The largest absolute Gasteiger partial charge is 0.480 e. The zero-order valence-corrected chi connectivity index (χ0v) is 9.69. The molecule has 0 unspecified atom stereocenters. The Morgan fingerprint density at radius 2 is 2.05 bits per heavy atom. The third kappa shape index (κ3) is 1.80. The maximum absolute atomic E-state index is 13.1. The van der Waals surface area contributed by atoms with Crippen molar-refractivity contribution in [3.8, 4) is 11.5 Å². The van der Waals surface area contributed by atoms with Crippen molar-refractivity contribution in [3.63, 3.8) is 0 Å². The minimum absolute atomic E-state index is 0.0847. The van der Waals surface area contributed by atoms with Gasteiger partial charge in [-0.05, 0) is 31.0 Å². The molecule has 0 bridgehead atoms. The van der Waals surface area contributed by atoms with Crippen LogP contribution in [0.2, 0.25) is 0 Å². The molecule has 3 rings (SSSR count). The van der Waals surface area contributed by atoms with Crippen LogP contribution in [-0.2, 0) is 10.2 Å². The van der Waals surface area contributed by atoms with Crippen molar-refractivity contribution >= 4 is 5.97 Å². The van der Waals surface area contributed by atoms with Crippen LogP contribution in [0.3, 0.4) is 0 Å². The number of rotatable bonds is 3. The van der Waals surface area contributed by atoms with E-state index in [0.717, 1.165) is 12.1 Å². The Labute approximate surface area is 106 Å². The van der Waals surface area contributed by atoms with Crippen LogP contribution in [0.4, 0.5) is 8.78 Å². The Balaban J connectivity index is 1.97. The first-order valence-corrected chi connectivity index (χ1v) is 5.68. The minimum Gasteiger partial charge on any atom is -0.480 e. The fourth-order valence-corrected chi connectivity index (χ4v) is 1.95. The van der Waals surface area contributed by atoms with E-state index in [4.69, 9.17) is 9.52 Å². The van der Waals surface area contributed by atoms with E-state index in [9.17, 15) is 13.6 Å². The molecule has 1 aromatic heterocycles. The van der Waals surface area contributed by atoms with Gasteiger partial charge in [0.1, 0.15) is 11.2 Å². The number of carboxylic acid groups (broad SMARTS) is 1. The summed E-state index contributed by atoms with van der Waals surface area (Å²) >= 11 is 0. The van der Waals surface area contributed by atoms with Gasteiger partial charge in [-0.25, -0.2) is 13.8 Å². The van der Waals surface area contributed by atoms with E-state index < -0.39 is 23.0 Å². The Kier molecular flexibility index (Phi) is 2.41. The predicted molar refractivity (Wildman–Crippen MR) is 60.4 cm³/mol. The highest BCUT2D eigenvalue weighted by Crippen LogP contribution is 2.49. The third-order valence-corrected chi connectivity index (χ3v) is 3.30. The highest BCUT2D eigenvalue weighted by Gasteiger charge is 2.55. The Bertz CT molecular complexity index is 662. The number of carboxylic acids is 1. The molecule has 0 amide bonds. The number of carbonyl (C=O) groups is 1. The summed E-state index contributed by atoms with van der Waals surface area (Å²) in [6.07, 6.45) is 2.32. The Morgan fingerprint density at radius 3 is 2.63 bits per heavy atom. The monoisotopic (exact) mass is 265 g/mol. The van der Waals surface area contributed by atoms with Crippen LogP contribution in [0, 0.1) is 11.6 Å². The lowest BCUT2D eigenvalue weighted by atomic mass is 10.1. The zero-order valence-electron chi connectivity index (χ0n) is 9.69. The number of benzene rings is 1. The summed E-state index contributed by atoms with van der Waals surface area (Å²) in [7, 11) is 0. The molecule has 1 N–H and O–H groups in total. The summed E-state index contributed by atoms with van der Waals surface area (Å²) in [6.45, 7) is 0. The van der Waals surface area contributed by atoms with Crippen LogP contribution in [0.25, 0.3) is 11.5 Å². The standard InChI is InChI=1S/C13H9F2NO3/c14-8-2-1-7(5-9(8)15)11-16-6-10(19-11)13(3-4-13)12(17)18/h1-2,5-6H,3-4H2,(H,17,18). The van der Waals surface area contributed by atoms with Crippen molar-refractivity contribution < 1.29 is 23.1 Å². The van der Waals surface area contributed by atoms with Crippen molar-refractivity contribution in [2.75, 3.05) is 0 Å². The van der Waals surface area contributed by atoms with Crippen molar-refractivity contribution in [2.45, 2.75) is 18.3 Å². The van der Waals surface area contributed by atoms with E-state index in [2.05, 4.69) is 4.98 Å². The molecule has 0 aliphatic heterocycles. The fourth-order valence-electron chi connectivity index (χ4n) is 1.95. The lowest BCUT2D eigenvalue weighted by Gasteiger charge is -2.03. The summed E-state index contributed by atoms with van der Waals surface area (Å²) in [5, 5.41) is 9.12. The summed E-state index contributed by atoms with van der Waals surface area (Å²) in [5.74, 6) is -2.59. The van der Waals surface area contributed by atoms with Gasteiger partial charge in [-0.2, -0.15) is 0 Å². The van der Waals surface area contributed by atoms with Gasteiger partial charge in [-0.3, -0.25) is 4.79 Å². The van der Waals surface area contributed by atoms with Gasteiger partial charge in [0, 0.05) is 5.56 Å². The first kappa shape index (κ1) is 11.8. The molecule has 0 atom stereocenters. The second kappa shape index (κ2) is 3.88. The molecule has 1 aliphatic carbocycles. The number of halogens is 2. The van der Waals surface area contributed by atoms with Crippen LogP contribution in [0.15, 0.2) is 28.8 Å². The Morgan fingerprint density at radius 1 is 1.32 bits per heavy atom. The molecule has 0 saturated heterocycles. The molecule has 1 fully saturated rings. The van der Waals surface area contributed by atoms with Crippen molar-refractivity contribution in [1.82, 2.24) is 4.98 Å².